The van der Waals surface area contributed by atoms with E-state index in [1.165, 1.54) is 6.42 Å². The Bertz CT molecular complexity index is 485. The van der Waals surface area contributed by atoms with Crippen molar-refractivity contribution in [2.75, 3.05) is 18.4 Å². The molecule has 2 rings (SSSR count). The third-order valence-corrected chi connectivity index (χ3v) is 4.80. The smallest absolute Gasteiger partial charge is 0.241 e. The van der Waals surface area contributed by atoms with Crippen LogP contribution in [0.25, 0.3) is 0 Å². The number of unbranched alkanes of at least 4 members (excludes halogenated alkanes) is 1. The number of carbonyl (C=O) groups excluding carboxylic acids is 1. The summed E-state index contributed by atoms with van der Waals surface area (Å²) < 4.78 is 1.89. The number of rotatable bonds is 5. The summed E-state index contributed by atoms with van der Waals surface area (Å²) in [5.41, 5.74) is 0.834. The van der Waals surface area contributed by atoms with Crippen molar-refractivity contribution >= 4 is 55.9 Å². The fourth-order valence-corrected chi connectivity index (χ4v) is 3.70. The normalized spacial score (nSPS) is 18.3. The van der Waals surface area contributed by atoms with Gasteiger partial charge in [0, 0.05) is 8.95 Å². The molecule has 1 aliphatic heterocycles. The summed E-state index contributed by atoms with van der Waals surface area (Å²) in [4.78, 5) is 14.8. The van der Waals surface area contributed by atoms with Crippen LogP contribution < -0.4 is 5.32 Å². The Morgan fingerprint density at radius 3 is 2.86 bits per heavy atom. The fourth-order valence-electron chi connectivity index (χ4n) is 2.56. The van der Waals surface area contributed by atoms with Crippen molar-refractivity contribution in [3.63, 3.8) is 0 Å². The van der Waals surface area contributed by atoms with Crippen LogP contribution in [0.3, 0.4) is 0 Å². The van der Waals surface area contributed by atoms with Crippen molar-refractivity contribution in [2.24, 2.45) is 0 Å². The first-order chi connectivity index (χ1) is 9.61. The molecule has 0 bridgehead atoms. The molecule has 0 saturated carbocycles. The quantitative estimate of drug-likeness (QED) is 0.711. The molecule has 1 fully saturated rings. The summed E-state index contributed by atoms with van der Waals surface area (Å²) in [5, 5.41) is 3.04. The van der Waals surface area contributed by atoms with Gasteiger partial charge in [-0.2, -0.15) is 0 Å². The number of benzene rings is 1. The first kappa shape index (κ1) is 18.9. The highest BCUT2D eigenvalue weighted by Gasteiger charge is 2.30. The van der Waals surface area contributed by atoms with E-state index in [0.717, 1.165) is 47.0 Å². The van der Waals surface area contributed by atoms with E-state index in [-0.39, 0.29) is 24.4 Å². The number of anilines is 1. The summed E-state index contributed by atoms with van der Waals surface area (Å²) in [6.07, 6.45) is 4.40. The standard InChI is InChI=1S/C15H20Br2N2O.ClH/c1-2-3-8-19-9-4-5-14(19)15(20)18-13-7-6-11(16)10-12(13)17;/h6-7,10,14H,2-5,8-9H2,1H3,(H,18,20);1H. The Hall–Kier alpha value is -0.100. The molecule has 1 atom stereocenters. The molecule has 1 aliphatic rings. The average Bonchev–Trinajstić information content (AvgIpc) is 2.88. The van der Waals surface area contributed by atoms with E-state index in [0.29, 0.717) is 0 Å². The van der Waals surface area contributed by atoms with Crippen LogP contribution in [0, 0.1) is 0 Å². The number of nitrogens with one attached hydrogen (secondary N) is 1. The van der Waals surface area contributed by atoms with Gasteiger partial charge in [0.2, 0.25) is 5.91 Å². The number of amides is 1. The second-order valence-corrected chi connectivity index (χ2v) is 6.93. The molecule has 0 aliphatic carbocycles. The van der Waals surface area contributed by atoms with E-state index in [1.54, 1.807) is 0 Å². The Morgan fingerprint density at radius 1 is 1.43 bits per heavy atom. The third kappa shape index (κ3) is 5.23. The van der Waals surface area contributed by atoms with Crippen LogP contribution >= 0.6 is 44.3 Å². The molecule has 0 spiro atoms. The monoisotopic (exact) mass is 438 g/mol. The van der Waals surface area contributed by atoms with Crippen molar-refractivity contribution in [3.05, 3.63) is 27.1 Å². The van der Waals surface area contributed by atoms with Crippen LogP contribution in [0.2, 0.25) is 0 Å². The molecule has 1 unspecified atom stereocenters. The van der Waals surface area contributed by atoms with Crippen molar-refractivity contribution in [1.82, 2.24) is 4.90 Å². The Morgan fingerprint density at radius 2 is 2.19 bits per heavy atom. The van der Waals surface area contributed by atoms with Crippen molar-refractivity contribution in [3.8, 4) is 0 Å². The van der Waals surface area contributed by atoms with E-state index in [4.69, 9.17) is 0 Å². The van der Waals surface area contributed by atoms with Gasteiger partial charge in [0.05, 0.1) is 11.7 Å². The molecule has 21 heavy (non-hydrogen) atoms. The van der Waals surface area contributed by atoms with Crippen LogP contribution in [-0.4, -0.2) is 29.9 Å². The summed E-state index contributed by atoms with van der Waals surface area (Å²) in [7, 11) is 0. The van der Waals surface area contributed by atoms with E-state index in [1.807, 2.05) is 18.2 Å². The molecule has 0 aromatic heterocycles. The SMILES string of the molecule is CCCCN1CCCC1C(=O)Nc1ccc(Br)cc1Br.Cl. The Kier molecular flexibility index (Phi) is 8.24. The van der Waals surface area contributed by atoms with E-state index in [2.05, 4.69) is 49.0 Å². The number of hydrogen-bond donors (Lipinski definition) is 1. The van der Waals surface area contributed by atoms with Crippen LogP contribution in [0.4, 0.5) is 5.69 Å². The minimum absolute atomic E-state index is 0. The zero-order valence-electron chi connectivity index (χ0n) is 12.1. The summed E-state index contributed by atoms with van der Waals surface area (Å²) in [6, 6.07) is 5.82. The maximum absolute atomic E-state index is 12.4. The van der Waals surface area contributed by atoms with Crippen LogP contribution in [0.1, 0.15) is 32.6 Å². The minimum Gasteiger partial charge on any atom is -0.324 e. The average molecular weight is 441 g/mol. The van der Waals surface area contributed by atoms with Gasteiger partial charge >= 0.3 is 0 Å². The van der Waals surface area contributed by atoms with Crippen molar-refractivity contribution in [1.29, 1.82) is 0 Å². The summed E-state index contributed by atoms with van der Waals surface area (Å²) in [6.45, 7) is 4.25. The van der Waals surface area contributed by atoms with Gasteiger partial charge in [-0.1, -0.05) is 29.3 Å². The molecular formula is C15H21Br2ClN2O. The highest BCUT2D eigenvalue weighted by atomic mass is 79.9. The lowest BCUT2D eigenvalue weighted by Crippen LogP contribution is -2.40. The van der Waals surface area contributed by atoms with E-state index in [9.17, 15) is 4.79 Å². The number of nitrogens with zero attached hydrogens (tertiary/aromatic N) is 1. The Balaban J connectivity index is 0.00000220. The maximum Gasteiger partial charge on any atom is 0.241 e. The fraction of sp³-hybridized carbons (Fsp3) is 0.533. The molecule has 1 aromatic rings. The second kappa shape index (κ2) is 9.13. The second-order valence-electron chi connectivity index (χ2n) is 5.16. The lowest BCUT2D eigenvalue weighted by Gasteiger charge is -2.23. The van der Waals surface area contributed by atoms with Crippen LogP contribution in [-0.2, 0) is 4.79 Å². The molecule has 1 amide bonds. The van der Waals surface area contributed by atoms with Gasteiger partial charge in [-0.3, -0.25) is 9.69 Å². The van der Waals surface area contributed by atoms with E-state index < -0.39 is 0 Å². The van der Waals surface area contributed by atoms with Gasteiger partial charge in [-0.25, -0.2) is 0 Å². The highest BCUT2D eigenvalue weighted by Crippen LogP contribution is 2.27. The predicted octanol–water partition coefficient (Wildman–Crippen LogP) is 4.84. The molecule has 1 N–H and O–H groups in total. The van der Waals surface area contributed by atoms with E-state index >= 15 is 0 Å². The minimum atomic E-state index is 0. The van der Waals surface area contributed by atoms with Crippen molar-refractivity contribution in [2.45, 2.75) is 38.6 Å². The topological polar surface area (TPSA) is 32.3 Å². The largest absolute Gasteiger partial charge is 0.324 e. The van der Waals surface area contributed by atoms with Gasteiger partial charge in [0.1, 0.15) is 0 Å². The Labute approximate surface area is 149 Å². The molecule has 1 heterocycles. The summed E-state index contributed by atoms with van der Waals surface area (Å²) in [5.74, 6) is 0.113. The van der Waals surface area contributed by atoms with Gasteiger partial charge < -0.3 is 5.32 Å². The van der Waals surface area contributed by atoms with Crippen molar-refractivity contribution < 1.29 is 4.79 Å². The highest BCUT2D eigenvalue weighted by molar-refractivity contribution is 9.11. The van der Waals surface area contributed by atoms with Crippen LogP contribution in [0.15, 0.2) is 27.1 Å². The summed E-state index contributed by atoms with van der Waals surface area (Å²) >= 11 is 6.90. The number of hydrogen-bond acceptors (Lipinski definition) is 2. The lowest BCUT2D eigenvalue weighted by atomic mass is 10.2. The molecule has 3 nitrogen and oxygen atoms in total. The lowest BCUT2D eigenvalue weighted by molar-refractivity contribution is -0.120. The first-order valence-corrected chi connectivity index (χ1v) is 8.70. The number of halogens is 3. The van der Waals surface area contributed by atoms with Crippen LogP contribution in [0.5, 0.6) is 0 Å². The molecule has 6 heteroatoms. The van der Waals surface area contributed by atoms with Gasteiger partial charge in [-0.15, -0.1) is 12.4 Å². The molecular weight excluding hydrogens is 419 g/mol. The molecule has 0 radical (unpaired) electrons. The van der Waals surface area contributed by atoms with Gasteiger partial charge in [0.25, 0.3) is 0 Å². The molecule has 118 valence electrons. The number of carbonyl (C=O) groups is 1. The third-order valence-electron chi connectivity index (χ3n) is 3.65. The maximum atomic E-state index is 12.4. The zero-order chi connectivity index (χ0) is 14.5. The first-order valence-electron chi connectivity index (χ1n) is 7.11. The predicted molar refractivity (Wildman–Crippen MR) is 97.2 cm³/mol. The molecule has 1 aromatic carbocycles. The number of likely N-dealkylation sites (tertiary alicyclic amines) is 1. The molecule has 1 saturated heterocycles. The van der Waals surface area contributed by atoms with Gasteiger partial charge in [-0.05, 0) is 66.5 Å². The zero-order valence-corrected chi connectivity index (χ0v) is 16.1. The van der Waals surface area contributed by atoms with Gasteiger partial charge in [0.15, 0.2) is 0 Å².